The zero-order valence-corrected chi connectivity index (χ0v) is 10.8. The summed E-state index contributed by atoms with van der Waals surface area (Å²) in [4.78, 5) is 19.5. The fraction of sp³-hybridized carbons (Fsp3) is 0.154. The second kappa shape index (κ2) is 5.96. The van der Waals surface area contributed by atoms with Gasteiger partial charge in [-0.25, -0.2) is 14.4 Å². The Morgan fingerprint density at radius 1 is 1.40 bits per heavy atom. The van der Waals surface area contributed by atoms with Crippen molar-refractivity contribution in [2.24, 2.45) is 0 Å². The van der Waals surface area contributed by atoms with Crippen molar-refractivity contribution in [2.75, 3.05) is 17.7 Å². The van der Waals surface area contributed by atoms with Crippen molar-refractivity contribution in [3.8, 4) is 5.88 Å². The molecular formula is C13H13FN4O2. The number of carbonyl (C=O) groups excluding carboxylic acids is 1. The summed E-state index contributed by atoms with van der Waals surface area (Å²) in [6.07, 6.45) is 2.39. The topological polar surface area (TPSA) is 90.1 Å². The first-order valence-electron chi connectivity index (χ1n) is 5.91. The Hall–Kier alpha value is -2.70. The SMILES string of the molecule is CCOc1ccc(NC(=O)c2cc(F)cnc2N)cn1. The number of anilines is 2. The first kappa shape index (κ1) is 13.7. The highest BCUT2D eigenvalue weighted by Gasteiger charge is 2.12. The third-order valence-electron chi connectivity index (χ3n) is 2.42. The zero-order valence-electron chi connectivity index (χ0n) is 10.8. The Morgan fingerprint density at radius 3 is 2.85 bits per heavy atom. The van der Waals surface area contributed by atoms with Gasteiger partial charge in [0.25, 0.3) is 5.91 Å². The normalized spacial score (nSPS) is 10.1. The predicted molar refractivity (Wildman–Crippen MR) is 72.0 cm³/mol. The molecule has 0 radical (unpaired) electrons. The van der Waals surface area contributed by atoms with Gasteiger partial charge in [-0.2, -0.15) is 0 Å². The average molecular weight is 276 g/mol. The van der Waals surface area contributed by atoms with E-state index in [9.17, 15) is 9.18 Å². The molecule has 1 amide bonds. The number of aromatic nitrogens is 2. The van der Waals surface area contributed by atoms with Crippen molar-refractivity contribution in [1.82, 2.24) is 9.97 Å². The number of nitrogens with one attached hydrogen (secondary N) is 1. The summed E-state index contributed by atoms with van der Waals surface area (Å²) in [5.41, 5.74) is 5.95. The molecule has 3 N–H and O–H groups in total. The summed E-state index contributed by atoms with van der Waals surface area (Å²) >= 11 is 0. The van der Waals surface area contributed by atoms with Gasteiger partial charge in [-0.05, 0) is 19.1 Å². The van der Waals surface area contributed by atoms with Crippen molar-refractivity contribution in [3.05, 3.63) is 42.0 Å². The summed E-state index contributed by atoms with van der Waals surface area (Å²) in [5, 5.41) is 2.55. The molecule has 0 unspecified atom stereocenters. The fourth-order valence-corrected chi connectivity index (χ4v) is 1.52. The van der Waals surface area contributed by atoms with E-state index in [0.29, 0.717) is 18.2 Å². The van der Waals surface area contributed by atoms with Crippen LogP contribution in [0.15, 0.2) is 30.6 Å². The van der Waals surface area contributed by atoms with Crippen LogP contribution < -0.4 is 15.8 Å². The number of carbonyl (C=O) groups is 1. The number of nitrogens with zero attached hydrogens (tertiary/aromatic N) is 2. The van der Waals surface area contributed by atoms with E-state index in [2.05, 4.69) is 15.3 Å². The number of pyridine rings is 2. The predicted octanol–water partition coefficient (Wildman–Crippen LogP) is 1.85. The highest BCUT2D eigenvalue weighted by Crippen LogP contribution is 2.15. The molecule has 0 aliphatic heterocycles. The van der Waals surface area contributed by atoms with Crippen LogP contribution in [0.1, 0.15) is 17.3 Å². The number of hydrogen-bond donors (Lipinski definition) is 2. The number of nitrogen functional groups attached to an aromatic ring is 1. The van der Waals surface area contributed by atoms with Gasteiger partial charge < -0.3 is 15.8 Å². The lowest BCUT2D eigenvalue weighted by atomic mass is 10.2. The monoisotopic (exact) mass is 276 g/mol. The van der Waals surface area contributed by atoms with Gasteiger partial charge in [0.15, 0.2) is 0 Å². The molecule has 2 aromatic heterocycles. The number of nitrogens with two attached hydrogens (primary N) is 1. The zero-order chi connectivity index (χ0) is 14.5. The van der Waals surface area contributed by atoms with Gasteiger partial charge in [0.1, 0.15) is 11.6 Å². The van der Waals surface area contributed by atoms with Gasteiger partial charge >= 0.3 is 0 Å². The molecule has 0 aliphatic rings. The van der Waals surface area contributed by atoms with Gasteiger partial charge in [0, 0.05) is 6.07 Å². The quantitative estimate of drug-likeness (QED) is 0.889. The molecule has 20 heavy (non-hydrogen) atoms. The number of hydrogen-bond acceptors (Lipinski definition) is 5. The lowest BCUT2D eigenvalue weighted by Gasteiger charge is -2.07. The maximum Gasteiger partial charge on any atom is 0.259 e. The Kier molecular flexibility index (Phi) is 4.09. The van der Waals surface area contributed by atoms with Gasteiger partial charge in [0.05, 0.1) is 30.3 Å². The third kappa shape index (κ3) is 3.19. The first-order valence-corrected chi connectivity index (χ1v) is 5.91. The molecule has 0 bridgehead atoms. The minimum absolute atomic E-state index is 0.0288. The smallest absolute Gasteiger partial charge is 0.259 e. The van der Waals surface area contributed by atoms with Crippen molar-refractivity contribution in [2.45, 2.75) is 6.92 Å². The maximum atomic E-state index is 13.1. The Balaban J connectivity index is 2.13. The lowest BCUT2D eigenvalue weighted by molar-refractivity contribution is 0.102. The van der Waals surface area contributed by atoms with Crippen LogP contribution in [-0.2, 0) is 0 Å². The van der Waals surface area contributed by atoms with E-state index >= 15 is 0 Å². The molecule has 0 spiro atoms. The molecule has 0 fully saturated rings. The first-order chi connectivity index (χ1) is 9.60. The van der Waals surface area contributed by atoms with E-state index in [-0.39, 0.29) is 11.4 Å². The molecule has 7 heteroatoms. The van der Waals surface area contributed by atoms with Gasteiger partial charge in [-0.3, -0.25) is 4.79 Å². The number of ether oxygens (including phenoxy) is 1. The van der Waals surface area contributed by atoms with Crippen LogP contribution in [0.25, 0.3) is 0 Å². The summed E-state index contributed by atoms with van der Waals surface area (Å²) in [6, 6.07) is 4.27. The third-order valence-corrected chi connectivity index (χ3v) is 2.42. The van der Waals surface area contributed by atoms with Crippen LogP contribution in [0, 0.1) is 5.82 Å². The standard InChI is InChI=1S/C13H13FN4O2/c1-2-20-11-4-3-9(7-16-11)18-13(19)10-5-8(14)6-17-12(10)15/h3-7H,2H2,1H3,(H2,15,17)(H,18,19). The lowest BCUT2D eigenvalue weighted by Crippen LogP contribution is -2.15. The maximum absolute atomic E-state index is 13.1. The van der Waals surface area contributed by atoms with Crippen LogP contribution in [0.3, 0.4) is 0 Å². The van der Waals surface area contributed by atoms with Crippen molar-refractivity contribution in [1.29, 1.82) is 0 Å². The summed E-state index contributed by atoms with van der Waals surface area (Å²) in [7, 11) is 0. The van der Waals surface area contributed by atoms with E-state index in [1.807, 2.05) is 6.92 Å². The molecule has 0 aliphatic carbocycles. The highest BCUT2D eigenvalue weighted by molar-refractivity contribution is 6.07. The molecule has 6 nitrogen and oxygen atoms in total. The molecule has 104 valence electrons. The number of amides is 1. The van der Waals surface area contributed by atoms with Crippen LogP contribution in [0.2, 0.25) is 0 Å². The fourth-order valence-electron chi connectivity index (χ4n) is 1.52. The summed E-state index contributed by atoms with van der Waals surface area (Å²) < 4.78 is 18.2. The minimum Gasteiger partial charge on any atom is -0.478 e. The van der Waals surface area contributed by atoms with Gasteiger partial charge in [-0.15, -0.1) is 0 Å². The molecule has 2 aromatic rings. The van der Waals surface area contributed by atoms with E-state index in [1.54, 1.807) is 12.1 Å². The Bertz CT molecular complexity index is 616. The van der Waals surface area contributed by atoms with E-state index < -0.39 is 11.7 Å². The van der Waals surface area contributed by atoms with Crippen molar-refractivity contribution >= 4 is 17.4 Å². The largest absolute Gasteiger partial charge is 0.478 e. The van der Waals surface area contributed by atoms with Crippen LogP contribution in [0.5, 0.6) is 5.88 Å². The van der Waals surface area contributed by atoms with Crippen LogP contribution >= 0.6 is 0 Å². The number of rotatable bonds is 4. The molecule has 2 rings (SSSR count). The number of halogens is 1. The van der Waals surface area contributed by atoms with E-state index in [1.165, 1.54) is 6.20 Å². The molecule has 0 saturated heterocycles. The Morgan fingerprint density at radius 2 is 2.20 bits per heavy atom. The molecule has 0 aromatic carbocycles. The second-order valence-electron chi connectivity index (χ2n) is 3.86. The summed E-state index contributed by atoms with van der Waals surface area (Å²) in [6.45, 7) is 2.35. The van der Waals surface area contributed by atoms with E-state index in [0.717, 1.165) is 12.3 Å². The molecule has 0 atom stereocenters. The van der Waals surface area contributed by atoms with Crippen molar-refractivity contribution in [3.63, 3.8) is 0 Å². The highest BCUT2D eigenvalue weighted by atomic mass is 19.1. The molecular weight excluding hydrogens is 263 g/mol. The van der Waals surface area contributed by atoms with Gasteiger partial charge in [0.2, 0.25) is 5.88 Å². The summed E-state index contributed by atoms with van der Waals surface area (Å²) in [5.74, 6) is -0.769. The van der Waals surface area contributed by atoms with Crippen LogP contribution in [0.4, 0.5) is 15.9 Å². The minimum atomic E-state index is -0.630. The Labute approximate surface area is 114 Å². The molecule has 2 heterocycles. The van der Waals surface area contributed by atoms with Gasteiger partial charge in [-0.1, -0.05) is 0 Å². The molecule has 0 saturated carbocycles. The van der Waals surface area contributed by atoms with Crippen LogP contribution in [-0.4, -0.2) is 22.5 Å². The average Bonchev–Trinajstić information content (AvgIpc) is 2.44. The van der Waals surface area contributed by atoms with E-state index in [4.69, 9.17) is 10.5 Å². The second-order valence-corrected chi connectivity index (χ2v) is 3.86. The van der Waals surface area contributed by atoms with Crippen molar-refractivity contribution < 1.29 is 13.9 Å².